The smallest absolute Gasteiger partial charge is 0.140 e. The van der Waals surface area contributed by atoms with Crippen LogP contribution >= 0.6 is 0 Å². The van der Waals surface area contributed by atoms with E-state index in [1.54, 1.807) is 19.2 Å². The molecule has 0 aliphatic heterocycles. The second-order valence-corrected chi connectivity index (χ2v) is 4.19. The maximum Gasteiger partial charge on any atom is 0.140 e. The fourth-order valence-electron chi connectivity index (χ4n) is 1.63. The molecule has 0 radical (unpaired) electrons. The molecule has 1 aromatic carbocycles. The first-order valence-electron chi connectivity index (χ1n) is 5.95. The molecule has 0 saturated carbocycles. The lowest BCUT2D eigenvalue weighted by Gasteiger charge is -2.08. The van der Waals surface area contributed by atoms with Gasteiger partial charge in [-0.05, 0) is 42.3 Å². The number of hydrogen-bond acceptors (Lipinski definition) is 4. The molecule has 0 aliphatic rings. The SMILES string of the molecule is C[C@H](O)c1ccc(OCc2ccnc(C#N)c2)cc1. The van der Waals surface area contributed by atoms with Gasteiger partial charge in [0, 0.05) is 6.20 Å². The number of aliphatic hydroxyl groups excluding tert-OH is 1. The van der Waals surface area contributed by atoms with Crippen LogP contribution in [0.2, 0.25) is 0 Å². The second kappa shape index (κ2) is 5.98. The van der Waals surface area contributed by atoms with Crippen molar-refractivity contribution in [2.24, 2.45) is 0 Å². The summed E-state index contributed by atoms with van der Waals surface area (Å²) in [6.07, 6.45) is 1.11. The van der Waals surface area contributed by atoms with Crippen LogP contribution in [0.1, 0.15) is 29.8 Å². The highest BCUT2D eigenvalue weighted by molar-refractivity contribution is 5.29. The van der Waals surface area contributed by atoms with E-state index in [2.05, 4.69) is 4.98 Å². The van der Waals surface area contributed by atoms with Crippen molar-refractivity contribution in [1.82, 2.24) is 4.98 Å². The fourth-order valence-corrected chi connectivity index (χ4v) is 1.63. The Balaban J connectivity index is 2.00. The van der Waals surface area contributed by atoms with Gasteiger partial charge in [-0.15, -0.1) is 0 Å². The molecule has 0 aliphatic carbocycles. The van der Waals surface area contributed by atoms with Gasteiger partial charge in [-0.25, -0.2) is 4.98 Å². The molecule has 1 N–H and O–H groups in total. The zero-order chi connectivity index (χ0) is 13.7. The van der Waals surface area contributed by atoms with E-state index in [1.165, 1.54) is 0 Å². The number of aliphatic hydroxyl groups is 1. The minimum absolute atomic E-state index is 0.380. The molecule has 0 spiro atoms. The minimum Gasteiger partial charge on any atom is -0.489 e. The topological polar surface area (TPSA) is 66.1 Å². The number of nitrogens with zero attached hydrogens (tertiary/aromatic N) is 2. The van der Waals surface area contributed by atoms with Gasteiger partial charge in [-0.1, -0.05) is 12.1 Å². The Morgan fingerprint density at radius 2 is 2.05 bits per heavy atom. The summed E-state index contributed by atoms with van der Waals surface area (Å²) in [6, 6.07) is 12.8. The van der Waals surface area contributed by atoms with E-state index in [4.69, 9.17) is 10.00 Å². The Morgan fingerprint density at radius 3 is 2.68 bits per heavy atom. The molecule has 19 heavy (non-hydrogen) atoms. The Morgan fingerprint density at radius 1 is 1.32 bits per heavy atom. The molecule has 1 aromatic heterocycles. The summed E-state index contributed by atoms with van der Waals surface area (Å²) in [6.45, 7) is 2.10. The van der Waals surface area contributed by atoms with Gasteiger partial charge in [-0.2, -0.15) is 5.26 Å². The van der Waals surface area contributed by atoms with Gasteiger partial charge in [-0.3, -0.25) is 0 Å². The standard InChI is InChI=1S/C15H14N2O2/c1-11(18)13-2-4-15(5-3-13)19-10-12-6-7-17-14(8-12)9-16/h2-8,11,18H,10H2,1H3/t11-/m0/s1. The summed E-state index contributed by atoms with van der Waals surface area (Å²) in [5.41, 5.74) is 2.12. The molecule has 96 valence electrons. The van der Waals surface area contributed by atoms with Crippen LogP contribution in [0, 0.1) is 11.3 Å². The first-order chi connectivity index (χ1) is 9.19. The van der Waals surface area contributed by atoms with Crippen LogP contribution in [0.4, 0.5) is 0 Å². The van der Waals surface area contributed by atoms with Gasteiger partial charge in [0.1, 0.15) is 24.1 Å². The zero-order valence-electron chi connectivity index (χ0n) is 10.6. The van der Waals surface area contributed by atoms with Crippen molar-refractivity contribution >= 4 is 0 Å². The number of pyridine rings is 1. The second-order valence-electron chi connectivity index (χ2n) is 4.19. The minimum atomic E-state index is -0.479. The van der Waals surface area contributed by atoms with E-state index in [0.29, 0.717) is 12.3 Å². The summed E-state index contributed by atoms with van der Waals surface area (Å²) in [5, 5.41) is 18.2. The molecule has 4 nitrogen and oxygen atoms in total. The van der Waals surface area contributed by atoms with Crippen LogP contribution in [0.3, 0.4) is 0 Å². The van der Waals surface area contributed by atoms with Crippen molar-refractivity contribution < 1.29 is 9.84 Å². The summed E-state index contributed by atoms with van der Waals surface area (Å²) in [7, 11) is 0. The average molecular weight is 254 g/mol. The van der Waals surface area contributed by atoms with Crippen molar-refractivity contribution in [2.45, 2.75) is 19.6 Å². The van der Waals surface area contributed by atoms with Crippen LogP contribution in [0.15, 0.2) is 42.6 Å². The Hall–Kier alpha value is -2.38. The van der Waals surface area contributed by atoms with Crippen LogP contribution in [0.25, 0.3) is 0 Å². The van der Waals surface area contributed by atoms with Crippen LogP contribution < -0.4 is 4.74 Å². The van der Waals surface area contributed by atoms with Crippen molar-refractivity contribution in [1.29, 1.82) is 5.26 Å². The van der Waals surface area contributed by atoms with Crippen LogP contribution in [0.5, 0.6) is 5.75 Å². The van der Waals surface area contributed by atoms with Crippen molar-refractivity contribution in [2.75, 3.05) is 0 Å². The molecule has 0 saturated heterocycles. The monoisotopic (exact) mass is 254 g/mol. The van der Waals surface area contributed by atoms with Gasteiger partial charge >= 0.3 is 0 Å². The molecule has 2 rings (SSSR count). The Labute approximate surface area is 111 Å². The third-order valence-corrected chi connectivity index (χ3v) is 2.71. The first kappa shape index (κ1) is 13.1. The lowest BCUT2D eigenvalue weighted by molar-refractivity contribution is 0.199. The summed E-state index contributed by atoms with van der Waals surface area (Å²) < 4.78 is 5.61. The molecule has 0 fully saturated rings. The van der Waals surface area contributed by atoms with E-state index in [9.17, 15) is 5.11 Å². The normalized spacial score (nSPS) is 11.6. The summed E-state index contributed by atoms with van der Waals surface area (Å²) in [4.78, 5) is 3.90. The Bertz CT molecular complexity index is 586. The van der Waals surface area contributed by atoms with Gasteiger partial charge in [0.15, 0.2) is 0 Å². The first-order valence-corrected chi connectivity index (χ1v) is 5.95. The third-order valence-electron chi connectivity index (χ3n) is 2.71. The lowest BCUT2D eigenvalue weighted by Crippen LogP contribution is -1.97. The number of ether oxygens (including phenoxy) is 1. The van der Waals surface area contributed by atoms with Crippen molar-refractivity contribution in [3.05, 3.63) is 59.4 Å². The maximum atomic E-state index is 9.40. The number of aromatic nitrogens is 1. The molecular weight excluding hydrogens is 240 g/mol. The molecule has 0 amide bonds. The predicted molar refractivity (Wildman–Crippen MR) is 70.4 cm³/mol. The summed E-state index contributed by atoms with van der Waals surface area (Å²) in [5.74, 6) is 0.722. The van der Waals surface area contributed by atoms with Crippen LogP contribution in [-0.2, 0) is 6.61 Å². The van der Waals surface area contributed by atoms with Gasteiger partial charge in [0.2, 0.25) is 0 Å². The number of nitriles is 1. The van der Waals surface area contributed by atoms with E-state index in [0.717, 1.165) is 16.9 Å². The predicted octanol–water partition coefficient (Wildman–Crippen LogP) is 2.59. The molecule has 1 heterocycles. The van der Waals surface area contributed by atoms with Gasteiger partial charge < -0.3 is 9.84 Å². The largest absolute Gasteiger partial charge is 0.489 e. The highest BCUT2D eigenvalue weighted by atomic mass is 16.5. The van der Waals surface area contributed by atoms with Gasteiger partial charge in [0.25, 0.3) is 0 Å². The number of rotatable bonds is 4. The Kier molecular flexibility index (Phi) is 4.11. The molecule has 1 atom stereocenters. The summed E-state index contributed by atoms with van der Waals surface area (Å²) >= 11 is 0. The van der Waals surface area contributed by atoms with E-state index in [1.807, 2.05) is 36.4 Å². The van der Waals surface area contributed by atoms with Crippen LogP contribution in [-0.4, -0.2) is 10.1 Å². The highest BCUT2D eigenvalue weighted by Crippen LogP contribution is 2.18. The van der Waals surface area contributed by atoms with E-state index >= 15 is 0 Å². The molecule has 2 aromatic rings. The van der Waals surface area contributed by atoms with Crippen molar-refractivity contribution in [3.8, 4) is 11.8 Å². The zero-order valence-corrected chi connectivity index (χ0v) is 10.6. The fraction of sp³-hybridized carbons (Fsp3) is 0.200. The average Bonchev–Trinajstić information content (AvgIpc) is 2.46. The van der Waals surface area contributed by atoms with E-state index < -0.39 is 6.10 Å². The maximum absolute atomic E-state index is 9.40. The highest BCUT2D eigenvalue weighted by Gasteiger charge is 2.02. The quantitative estimate of drug-likeness (QED) is 0.910. The molecule has 4 heteroatoms. The third kappa shape index (κ3) is 3.54. The molecular formula is C15H14N2O2. The van der Waals surface area contributed by atoms with Gasteiger partial charge in [0.05, 0.1) is 6.10 Å². The molecule has 0 unspecified atom stereocenters. The number of benzene rings is 1. The van der Waals surface area contributed by atoms with E-state index in [-0.39, 0.29) is 0 Å². The lowest BCUT2D eigenvalue weighted by atomic mass is 10.1. The van der Waals surface area contributed by atoms with Crippen molar-refractivity contribution in [3.63, 3.8) is 0 Å². The number of hydrogen-bond donors (Lipinski definition) is 1. The molecule has 0 bridgehead atoms.